The second-order valence-corrected chi connectivity index (χ2v) is 24.4. The van der Waals surface area contributed by atoms with E-state index in [-0.39, 0.29) is 116 Å². The number of ether oxygens (including phenoxy) is 3. The van der Waals surface area contributed by atoms with Crippen LogP contribution in [0.15, 0.2) is 58.7 Å². The Morgan fingerprint density at radius 3 is 2.40 bits per heavy atom. The molecular weight excluding hydrogens is 1080 g/mol. The third kappa shape index (κ3) is 11.2. The second kappa shape index (κ2) is 22.6. The molecular formula is C58H67ClFN11O9S. The zero-order valence-corrected chi connectivity index (χ0v) is 47.5. The number of β-amino-alcohol motifs (C(OH)–C–C–N with tert-alkyl or cyclic N) is 1. The highest BCUT2D eigenvalue weighted by molar-refractivity contribution is 7.13. The van der Waals surface area contributed by atoms with E-state index in [9.17, 15) is 24.6 Å². The van der Waals surface area contributed by atoms with Crippen molar-refractivity contribution in [2.75, 3.05) is 57.9 Å². The van der Waals surface area contributed by atoms with Gasteiger partial charge in [0.25, 0.3) is 5.88 Å². The number of aliphatic hydroxyl groups excluding tert-OH is 1. The lowest BCUT2D eigenvalue weighted by Crippen LogP contribution is -2.56. The van der Waals surface area contributed by atoms with Gasteiger partial charge in [0.05, 0.1) is 46.7 Å². The Labute approximate surface area is 477 Å². The number of fused-ring (bicyclic) bond motifs is 3. The highest BCUT2D eigenvalue weighted by Gasteiger charge is 2.45. The molecule has 428 valence electrons. The van der Waals surface area contributed by atoms with E-state index in [2.05, 4.69) is 40.5 Å². The lowest BCUT2D eigenvalue weighted by atomic mass is 9.91. The van der Waals surface area contributed by atoms with Crippen LogP contribution >= 0.6 is 22.9 Å². The van der Waals surface area contributed by atoms with Gasteiger partial charge in [-0.1, -0.05) is 49.7 Å². The van der Waals surface area contributed by atoms with Gasteiger partial charge >= 0.3 is 12.1 Å². The quantitative estimate of drug-likeness (QED) is 0.0683. The summed E-state index contributed by atoms with van der Waals surface area (Å²) in [7, 11) is 1.97. The number of aliphatic hydroxyl groups is 1. The van der Waals surface area contributed by atoms with Gasteiger partial charge in [0.1, 0.15) is 54.1 Å². The SMILES string of the molecule is Cc1ncsc1-c1ccc([C@H](C)NC(=O)[C@@H]2C[C@@H](O)CN2C(=O)[C@H](c2cc(OC3CN(C(=O)OC[C@@H]4CC[C@@H](COc5nc(N6CC7CCC(C6)N7)c6cnc(-c7cc(O)cc(Cl)c7C7CC7)c(F)c6n5)N4C)C3)no2)C(C)C)cc1. The van der Waals surface area contributed by atoms with Crippen molar-refractivity contribution in [3.05, 3.63) is 87.6 Å². The first-order valence-corrected chi connectivity index (χ1v) is 29.4. The molecule has 6 fully saturated rings. The summed E-state index contributed by atoms with van der Waals surface area (Å²) in [5.74, 6) is -1.33. The number of aryl methyl sites for hydroxylation is 1. The van der Waals surface area contributed by atoms with Crippen LogP contribution in [0.4, 0.5) is 15.0 Å². The van der Waals surface area contributed by atoms with Crippen LogP contribution in [-0.2, 0) is 14.3 Å². The number of amides is 3. The van der Waals surface area contributed by atoms with Crippen molar-refractivity contribution < 1.29 is 47.7 Å². The predicted octanol–water partition coefficient (Wildman–Crippen LogP) is 7.75. The van der Waals surface area contributed by atoms with Crippen molar-refractivity contribution in [1.29, 1.82) is 0 Å². The summed E-state index contributed by atoms with van der Waals surface area (Å²) < 4.78 is 40.9. The number of phenolic OH excluding ortho intramolecular Hbond substituents is 1. The molecule has 6 aliphatic rings. The van der Waals surface area contributed by atoms with Crippen LogP contribution in [0.2, 0.25) is 5.02 Å². The number of rotatable bonds is 17. The molecule has 4 N–H and O–H groups in total. The Kier molecular flexibility index (Phi) is 15.3. The number of carbonyl (C=O) groups excluding carboxylic acids is 3. The molecule has 3 amide bonds. The Morgan fingerprint density at radius 2 is 1.69 bits per heavy atom. The number of benzene rings is 2. The topological polar surface area (TPSA) is 234 Å². The third-order valence-corrected chi connectivity index (χ3v) is 18.4. The Balaban J connectivity index is 0.633. The molecule has 2 bridgehead atoms. The molecule has 81 heavy (non-hydrogen) atoms. The van der Waals surface area contributed by atoms with Crippen molar-refractivity contribution in [3.63, 3.8) is 0 Å². The number of likely N-dealkylation sites (tertiary alicyclic amines) is 3. The summed E-state index contributed by atoms with van der Waals surface area (Å²) in [4.78, 5) is 68.3. The average molecular weight is 1150 g/mol. The van der Waals surface area contributed by atoms with Crippen molar-refractivity contribution in [3.8, 4) is 39.3 Å². The Hall–Kier alpha value is -6.72. The van der Waals surface area contributed by atoms with Crippen molar-refractivity contribution in [2.45, 2.75) is 133 Å². The van der Waals surface area contributed by atoms with E-state index in [1.807, 2.05) is 64.5 Å². The van der Waals surface area contributed by atoms with Crippen LogP contribution < -0.4 is 25.0 Å². The fourth-order valence-electron chi connectivity index (χ4n) is 12.4. The number of thiazole rings is 1. The van der Waals surface area contributed by atoms with Crippen LogP contribution in [0, 0.1) is 18.7 Å². The molecule has 1 aliphatic carbocycles. The molecule has 8 atom stereocenters. The first-order valence-electron chi connectivity index (χ1n) is 28.1. The number of carbonyl (C=O) groups is 3. The molecule has 12 rings (SSSR count). The van der Waals surface area contributed by atoms with Gasteiger partial charge in [-0.15, -0.1) is 11.3 Å². The maximum absolute atomic E-state index is 17.0. The molecule has 20 nitrogen and oxygen atoms in total. The number of aromatic nitrogens is 5. The number of anilines is 1. The number of nitrogens with zero attached hydrogens (tertiary/aromatic N) is 9. The van der Waals surface area contributed by atoms with E-state index in [0.717, 1.165) is 65.8 Å². The molecule has 2 aromatic carbocycles. The first-order chi connectivity index (χ1) is 39.0. The minimum Gasteiger partial charge on any atom is -0.508 e. The number of piperazine rings is 1. The number of aromatic hydroxyl groups is 1. The second-order valence-electron chi connectivity index (χ2n) is 23.1. The summed E-state index contributed by atoms with van der Waals surface area (Å²) in [6.07, 6.45) is 5.43. The average Bonchev–Trinajstić information content (AvgIpc) is 4.05. The highest BCUT2D eigenvalue weighted by Crippen LogP contribution is 2.49. The van der Waals surface area contributed by atoms with Crippen LogP contribution in [0.1, 0.15) is 106 Å². The lowest BCUT2D eigenvalue weighted by molar-refractivity contribution is -0.141. The number of likely N-dealkylation sites (N-methyl/N-ethyl adjacent to an activating group) is 1. The molecule has 2 unspecified atom stereocenters. The number of phenols is 1. The maximum atomic E-state index is 17.0. The van der Waals surface area contributed by atoms with E-state index in [4.69, 9.17) is 35.3 Å². The van der Waals surface area contributed by atoms with Gasteiger partial charge in [-0.25, -0.2) is 14.2 Å². The largest absolute Gasteiger partial charge is 0.508 e. The summed E-state index contributed by atoms with van der Waals surface area (Å²) in [6.45, 7) is 9.91. The summed E-state index contributed by atoms with van der Waals surface area (Å²) in [5.41, 5.74) is 6.09. The zero-order valence-electron chi connectivity index (χ0n) is 45.9. The van der Waals surface area contributed by atoms with Gasteiger partial charge in [0, 0.05) is 73.1 Å². The normalized spacial score (nSPS) is 23.7. The number of halogens is 2. The van der Waals surface area contributed by atoms with Gasteiger partial charge in [-0.2, -0.15) is 9.97 Å². The van der Waals surface area contributed by atoms with Crippen LogP contribution in [0.25, 0.3) is 32.6 Å². The van der Waals surface area contributed by atoms with Gasteiger partial charge in [0.15, 0.2) is 11.6 Å². The molecule has 0 radical (unpaired) electrons. The molecule has 4 aromatic heterocycles. The first kappa shape index (κ1) is 54.8. The monoisotopic (exact) mass is 1150 g/mol. The van der Waals surface area contributed by atoms with Crippen LogP contribution in [0.5, 0.6) is 17.6 Å². The molecule has 0 spiro atoms. The van der Waals surface area contributed by atoms with Gasteiger partial charge in [0.2, 0.25) is 11.8 Å². The summed E-state index contributed by atoms with van der Waals surface area (Å²) in [6, 6.07) is 11.8. The van der Waals surface area contributed by atoms with E-state index in [1.165, 1.54) is 17.0 Å². The number of hydrogen-bond acceptors (Lipinski definition) is 18. The molecule has 23 heteroatoms. The fourth-order valence-corrected chi connectivity index (χ4v) is 13.6. The third-order valence-electron chi connectivity index (χ3n) is 17.1. The molecule has 5 aliphatic heterocycles. The predicted molar refractivity (Wildman–Crippen MR) is 300 cm³/mol. The smallest absolute Gasteiger partial charge is 0.410 e. The van der Waals surface area contributed by atoms with Crippen molar-refractivity contribution >= 4 is 57.6 Å². The van der Waals surface area contributed by atoms with Gasteiger partial charge in [-0.3, -0.25) is 19.5 Å². The fraction of sp³-hybridized carbons (Fsp3) is 0.517. The highest BCUT2D eigenvalue weighted by atomic mass is 35.5. The van der Waals surface area contributed by atoms with E-state index < -0.39 is 36.1 Å². The van der Waals surface area contributed by atoms with Crippen molar-refractivity contribution in [1.82, 2.24) is 50.4 Å². The summed E-state index contributed by atoms with van der Waals surface area (Å²) in [5, 5.41) is 33.0. The van der Waals surface area contributed by atoms with E-state index in [0.29, 0.717) is 47.0 Å². The maximum Gasteiger partial charge on any atom is 0.410 e. The standard InChI is InChI=1S/C58H67ClFN11O9S/c1-29(2)48(56(75)71-23-40(73)18-45(71)55(74)63-30(3)32-6-10-34(11-7-32)53-31(4)62-28-81-53)46-19-47(67-80-46)79-41-24-70(25-41)58(76)78-27-38-15-14-37(68(38)5)26-77-57-65-52-43(54(66-57)69-21-35-12-13-36(22-69)64-35)20-61-51(50(52)60)42-16-39(72)17-44(59)49(42)33-8-9-33/h6-7,10-11,16-17,19-20,28-30,33,35-38,40-41,45,48,64,72-73H,8-9,12-15,18,21-27H2,1-5H3,(H,63,74)/t30-,35?,36?,37-,38-,40+,45-,48-/m0/s1. The zero-order chi connectivity index (χ0) is 56.4. The summed E-state index contributed by atoms with van der Waals surface area (Å²) >= 11 is 8.21. The number of hydrogen-bond donors (Lipinski definition) is 4. The van der Waals surface area contributed by atoms with Crippen LogP contribution in [0.3, 0.4) is 0 Å². The molecule has 5 saturated heterocycles. The van der Waals surface area contributed by atoms with E-state index in [1.54, 1.807) is 28.5 Å². The Bertz CT molecular complexity index is 3330. The lowest BCUT2D eigenvalue weighted by Gasteiger charge is -2.37. The molecule has 6 aromatic rings. The molecule has 1 saturated carbocycles. The minimum absolute atomic E-state index is 0.000197. The van der Waals surface area contributed by atoms with Gasteiger partial charge < -0.3 is 54.3 Å². The number of pyridine rings is 1. The van der Waals surface area contributed by atoms with Crippen molar-refractivity contribution in [2.24, 2.45) is 5.92 Å². The minimum atomic E-state index is -0.885. The number of nitrogens with one attached hydrogen (secondary N) is 2. The van der Waals surface area contributed by atoms with Gasteiger partial charge in [-0.05, 0) is 105 Å². The molecule has 9 heterocycles. The van der Waals surface area contributed by atoms with E-state index >= 15 is 4.39 Å². The van der Waals surface area contributed by atoms with Crippen LogP contribution in [-0.4, -0.2) is 163 Å². The Morgan fingerprint density at radius 1 is 0.951 bits per heavy atom.